The molecule has 1 aliphatic rings. The van der Waals surface area contributed by atoms with Crippen molar-refractivity contribution in [1.82, 2.24) is 9.62 Å². The van der Waals surface area contributed by atoms with Gasteiger partial charge in [0.2, 0.25) is 5.91 Å². The van der Waals surface area contributed by atoms with Crippen molar-refractivity contribution in [3.8, 4) is 0 Å². The molecule has 1 fully saturated rings. The van der Waals surface area contributed by atoms with Gasteiger partial charge in [-0.1, -0.05) is 18.9 Å². The molecule has 1 amide bonds. The predicted molar refractivity (Wildman–Crippen MR) is 80.6 cm³/mol. The van der Waals surface area contributed by atoms with Crippen molar-refractivity contribution in [2.75, 3.05) is 20.1 Å². The maximum absolute atomic E-state index is 12.2. The molecule has 8 heteroatoms. The van der Waals surface area contributed by atoms with Gasteiger partial charge >= 0.3 is 0 Å². The summed E-state index contributed by atoms with van der Waals surface area (Å²) in [5.74, 6) is -0.405. The van der Waals surface area contributed by atoms with E-state index >= 15 is 0 Å². The van der Waals surface area contributed by atoms with Crippen LogP contribution in [0.1, 0.15) is 25.7 Å². The van der Waals surface area contributed by atoms with E-state index < -0.39 is 21.5 Å². The number of carbonyl (C=O) groups excluding carboxylic acids is 1. The number of nitrogens with zero attached hydrogens (tertiary/aromatic N) is 1. The molecule has 1 aromatic rings. The first-order valence-corrected chi connectivity index (χ1v) is 9.14. The first-order valence-electron chi connectivity index (χ1n) is 6.82. The highest BCUT2D eigenvalue weighted by atomic mass is 32.2. The Morgan fingerprint density at radius 3 is 2.71 bits per heavy atom. The molecule has 0 radical (unpaired) electrons. The summed E-state index contributed by atoms with van der Waals surface area (Å²) in [5.41, 5.74) is -0.832. The first-order chi connectivity index (χ1) is 9.83. The highest BCUT2D eigenvalue weighted by Gasteiger charge is 2.32. The van der Waals surface area contributed by atoms with Gasteiger partial charge in [0.05, 0.1) is 12.1 Å². The Hall–Kier alpha value is -0.960. The molecule has 0 atom stereocenters. The van der Waals surface area contributed by atoms with Crippen LogP contribution in [-0.2, 0) is 14.8 Å². The van der Waals surface area contributed by atoms with E-state index in [0.29, 0.717) is 12.8 Å². The van der Waals surface area contributed by atoms with Crippen LogP contribution >= 0.6 is 11.3 Å². The summed E-state index contributed by atoms with van der Waals surface area (Å²) in [6.45, 7) is -0.0744. The van der Waals surface area contributed by atoms with Gasteiger partial charge in [-0.2, -0.15) is 4.31 Å². The van der Waals surface area contributed by atoms with Gasteiger partial charge < -0.3 is 10.4 Å². The topological polar surface area (TPSA) is 86.7 Å². The molecular weight excluding hydrogens is 312 g/mol. The van der Waals surface area contributed by atoms with Crippen molar-refractivity contribution < 1.29 is 18.3 Å². The summed E-state index contributed by atoms with van der Waals surface area (Å²) in [4.78, 5) is 11.8. The summed E-state index contributed by atoms with van der Waals surface area (Å²) in [6.07, 6.45) is 3.27. The molecule has 0 bridgehead atoms. The number of likely N-dealkylation sites (N-methyl/N-ethyl adjacent to an activating group) is 1. The minimum atomic E-state index is -3.61. The molecule has 0 saturated heterocycles. The molecule has 6 nitrogen and oxygen atoms in total. The Bertz CT molecular complexity index is 577. The van der Waals surface area contributed by atoms with Gasteiger partial charge in [0.1, 0.15) is 4.21 Å². The first kappa shape index (κ1) is 16.4. The van der Waals surface area contributed by atoms with Gasteiger partial charge in [-0.15, -0.1) is 11.3 Å². The van der Waals surface area contributed by atoms with Crippen molar-refractivity contribution in [3.05, 3.63) is 17.5 Å². The molecule has 0 aliphatic heterocycles. The van der Waals surface area contributed by atoms with Crippen LogP contribution < -0.4 is 5.32 Å². The minimum absolute atomic E-state index is 0.179. The number of sulfonamides is 1. The van der Waals surface area contributed by atoms with Gasteiger partial charge in [-0.3, -0.25) is 4.79 Å². The standard InChI is InChI=1S/C13H20N2O4S2/c1-15(21(18,19)12-5-4-8-20-12)9-11(16)14-10-13(17)6-2-3-7-13/h4-5,8,17H,2-3,6-7,9-10H2,1H3,(H,14,16). The van der Waals surface area contributed by atoms with Crippen molar-refractivity contribution >= 4 is 27.3 Å². The van der Waals surface area contributed by atoms with E-state index in [2.05, 4.69) is 5.32 Å². The number of aliphatic hydroxyl groups is 1. The van der Waals surface area contributed by atoms with Crippen LogP contribution in [0.3, 0.4) is 0 Å². The number of rotatable bonds is 6. The Balaban J connectivity index is 1.87. The average molecular weight is 332 g/mol. The van der Waals surface area contributed by atoms with Crippen molar-refractivity contribution in [1.29, 1.82) is 0 Å². The zero-order chi connectivity index (χ0) is 15.5. The summed E-state index contributed by atoms with van der Waals surface area (Å²) in [5, 5.41) is 14.4. The van der Waals surface area contributed by atoms with E-state index in [-0.39, 0.29) is 17.3 Å². The van der Waals surface area contributed by atoms with Crippen LogP contribution in [0.5, 0.6) is 0 Å². The number of amides is 1. The third-order valence-electron chi connectivity index (χ3n) is 3.67. The zero-order valence-electron chi connectivity index (χ0n) is 11.9. The van der Waals surface area contributed by atoms with E-state index in [1.807, 2.05) is 0 Å². The monoisotopic (exact) mass is 332 g/mol. The molecule has 0 aromatic carbocycles. The zero-order valence-corrected chi connectivity index (χ0v) is 13.5. The van der Waals surface area contributed by atoms with Gasteiger partial charge in [0.15, 0.2) is 0 Å². The smallest absolute Gasteiger partial charge is 0.252 e. The van der Waals surface area contributed by atoms with E-state index in [4.69, 9.17) is 0 Å². The lowest BCUT2D eigenvalue weighted by molar-refractivity contribution is -0.122. The van der Waals surface area contributed by atoms with Gasteiger partial charge in [0, 0.05) is 13.6 Å². The van der Waals surface area contributed by atoms with Crippen LogP contribution in [0, 0.1) is 0 Å². The molecule has 1 aromatic heterocycles. The van der Waals surface area contributed by atoms with Crippen molar-refractivity contribution in [2.24, 2.45) is 0 Å². The van der Waals surface area contributed by atoms with Crippen LogP contribution in [0.25, 0.3) is 0 Å². The molecule has 1 aliphatic carbocycles. The number of nitrogens with one attached hydrogen (secondary N) is 1. The summed E-state index contributed by atoms with van der Waals surface area (Å²) in [6, 6.07) is 3.16. The Labute approximate surface area is 128 Å². The highest BCUT2D eigenvalue weighted by molar-refractivity contribution is 7.91. The van der Waals surface area contributed by atoms with E-state index in [0.717, 1.165) is 28.5 Å². The maximum atomic E-state index is 12.2. The largest absolute Gasteiger partial charge is 0.388 e. The molecule has 118 valence electrons. The van der Waals surface area contributed by atoms with Crippen molar-refractivity contribution in [3.63, 3.8) is 0 Å². The summed E-state index contributed by atoms with van der Waals surface area (Å²) >= 11 is 1.12. The molecule has 21 heavy (non-hydrogen) atoms. The molecule has 0 spiro atoms. The number of thiophene rings is 1. The molecule has 0 unspecified atom stereocenters. The Morgan fingerprint density at radius 1 is 1.48 bits per heavy atom. The summed E-state index contributed by atoms with van der Waals surface area (Å²) in [7, 11) is -2.24. The lowest BCUT2D eigenvalue weighted by atomic mass is 10.0. The molecule has 1 saturated carbocycles. The van der Waals surface area contributed by atoms with Crippen LogP contribution in [0.2, 0.25) is 0 Å². The Kier molecular flexibility index (Phi) is 5.03. The number of carbonyl (C=O) groups is 1. The number of hydrogen-bond acceptors (Lipinski definition) is 5. The third-order valence-corrected chi connectivity index (χ3v) is 6.85. The quantitative estimate of drug-likeness (QED) is 0.806. The van der Waals surface area contributed by atoms with Gasteiger partial charge in [-0.25, -0.2) is 8.42 Å². The second kappa shape index (κ2) is 6.43. The molecule has 1 heterocycles. The fourth-order valence-corrected chi connectivity index (χ4v) is 4.71. The van der Waals surface area contributed by atoms with E-state index in [9.17, 15) is 18.3 Å². The molecule has 2 rings (SSSR count). The molecular formula is C13H20N2O4S2. The van der Waals surface area contributed by atoms with Crippen LogP contribution in [0.4, 0.5) is 0 Å². The average Bonchev–Trinajstić information content (AvgIpc) is 3.08. The highest BCUT2D eigenvalue weighted by Crippen LogP contribution is 2.28. The van der Waals surface area contributed by atoms with Crippen molar-refractivity contribution in [2.45, 2.75) is 35.5 Å². The van der Waals surface area contributed by atoms with Crippen LogP contribution in [-0.4, -0.2) is 49.5 Å². The minimum Gasteiger partial charge on any atom is -0.388 e. The maximum Gasteiger partial charge on any atom is 0.252 e. The van der Waals surface area contributed by atoms with Crippen LogP contribution in [0.15, 0.2) is 21.7 Å². The third kappa shape index (κ3) is 4.03. The van der Waals surface area contributed by atoms with Gasteiger partial charge in [0.25, 0.3) is 10.0 Å². The van der Waals surface area contributed by atoms with E-state index in [1.54, 1.807) is 11.4 Å². The Morgan fingerprint density at radius 2 is 2.14 bits per heavy atom. The lowest BCUT2D eigenvalue weighted by Crippen LogP contribution is -2.45. The normalized spacial score (nSPS) is 18.0. The summed E-state index contributed by atoms with van der Waals surface area (Å²) < 4.78 is 25.6. The second-order valence-electron chi connectivity index (χ2n) is 5.40. The van der Waals surface area contributed by atoms with E-state index in [1.165, 1.54) is 13.1 Å². The fraction of sp³-hybridized carbons (Fsp3) is 0.615. The second-order valence-corrected chi connectivity index (χ2v) is 8.62. The predicted octanol–water partition coefficient (Wildman–Crippen LogP) is 0.790. The molecule has 2 N–H and O–H groups in total. The number of hydrogen-bond donors (Lipinski definition) is 2. The SMILES string of the molecule is CN(CC(=O)NCC1(O)CCCC1)S(=O)(=O)c1cccs1. The van der Waals surface area contributed by atoms with Gasteiger partial charge in [-0.05, 0) is 24.3 Å². The lowest BCUT2D eigenvalue weighted by Gasteiger charge is -2.23. The fourth-order valence-electron chi connectivity index (χ4n) is 2.38.